The van der Waals surface area contributed by atoms with E-state index in [-0.39, 0.29) is 5.78 Å². The highest BCUT2D eigenvalue weighted by Crippen LogP contribution is 2.50. The van der Waals surface area contributed by atoms with Crippen LogP contribution in [0.5, 0.6) is 0 Å². The molecule has 11 rings (SSSR count). The zero-order valence-corrected chi connectivity index (χ0v) is 28.5. The Bertz CT molecular complexity index is 3210. The van der Waals surface area contributed by atoms with E-state index in [9.17, 15) is 4.79 Å². The Hall–Kier alpha value is -7.24. The van der Waals surface area contributed by atoms with E-state index in [1.807, 2.05) is 42.5 Å². The average Bonchev–Trinajstić information content (AvgIpc) is 3.88. The molecule has 0 radical (unpaired) electrons. The normalized spacial score (nSPS) is 11.8. The van der Waals surface area contributed by atoms with Crippen molar-refractivity contribution in [3.8, 4) is 17.2 Å². The molecule has 0 fully saturated rings. The number of pyridine rings is 1. The number of benzene rings is 7. The summed E-state index contributed by atoms with van der Waals surface area (Å²) in [5, 5.41) is 7.00. The summed E-state index contributed by atoms with van der Waals surface area (Å²) in [5.41, 5.74) is 10.1. The van der Waals surface area contributed by atoms with Gasteiger partial charge in [-0.05, 0) is 54.6 Å². The fourth-order valence-corrected chi connectivity index (χ4v) is 8.49. The van der Waals surface area contributed by atoms with Crippen LogP contribution < -0.4 is 0 Å². The van der Waals surface area contributed by atoms with Gasteiger partial charge >= 0.3 is 0 Å². The van der Waals surface area contributed by atoms with Crippen LogP contribution in [-0.4, -0.2) is 24.5 Å². The maximum Gasteiger partial charge on any atom is 0.194 e. The third-order valence-corrected chi connectivity index (χ3v) is 10.6. The first-order valence-electron chi connectivity index (χ1n) is 17.9. The molecule has 0 aliphatic carbocycles. The fraction of sp³-hybridized carbons (Fsp3) is 0. The minimum atomic E-state index is -0.0457. The largest absolute Gasteiger partial charge is 0.307 e. The second-order valence-corrected chi connectivity index (χ2v) is 13.5. The lowest BCUT2D eigenvalue weighted by molar-refractivity contribution is 0.103. The van der Waals surface area contributed by atoms with Gasteiger partial charge in [0.15, 0.2) is 5.78 Å². The van der Waals surface area contributed by atoms with Crippen LogP contribution in [0.1, 0.15) is 15.9 Å². The third kappa shape index (κ3) is 4.19. The molecule has 0 saturated carbocycles. The molecular formula is C48H30N4O. The van der Waals surface area contributed by atoms with Gasteiger partial charge in [0, 0.05) is 61.0 Å². The Morgan fingerprint density at radius 1 is 0.377 bits per heavy atom. The molecule has 7 aromatic carbocycles. The van der Waals surface area contributed by atoms with Crippen LogP contribution in [0.2, 0.25) is 0 Å². The lowest BCUT2D eigenvalue weighted by atomic mass is 10.0. The molecule has 0 aliphatic rings. The highest BCUT2D eigenvalue weighted by molar-refractivity contribution is 6.40. The molecule has 4 aromatic heterocycles. The molecule has 5 nitrogen and oxygen atoms in total. The Morgan fingerprint density at radius 3 is 1.34 bits per heavy atom. The van der Waals surface area contributed by atoms with Crippen LogP contribution in [-0.2, 0) is 0 Å². The van der Waals surface area contributed by atoms with E-state index in [2.05, 4.69) is 147 Å². The molecule has 0 N–H and O–H groups in total. The molecule has 5 heteroatoms. The molecule has 53 heavy (non-hydrogen) atoms. The van der Waals surface area contributed by atoms with E-state index in [0.717, 1.165) is 66.5 Å². The average molecular weight is 679 g/mol. The summed E-state index contributed by atoms with van der Waals surface area (Å²) < 4.78 is 7.18. The smallest absolute Gasteiger partial charge is 0.194 e. The Morgan fingerprint density at radius 2 is 0.811 bits per heavy atom. The Labute approximate surface area is 304 Å². The Kier molecular flexibility index (Phi) is 6.34. The molecular weight excluding hydrogens is 649 g/mol. The predicted octanol–water partition coefficient (Wildman–Crippen LogP) is 11.6. The monoisotopic (exact) mass is 678 g/mol. The van der Waals surface area contributed by atoms with Gasteiger partial charge in [0.2, 0.25) is 0 Å². The molecule has 0 aliphatic heterocycles. The van der Waals surface area contributed by atoms with Crippen molar-refractivity contribution in [2.24, 2.45) is 0 Å². The number of carbonyl (C=O) groups excluding carboxylic acids is 1. The summed E-state index contributed by atoms with van der Waals surface area (Å²) in [7, 11) is 0. The second kappa shape index (κ2) is 11.4. The second-order valence-electron chi connectivity index (χ2n) is 13.5. The molecule has 0 atom stereocenters. The lowest BCUT2D eigenvalue weighted by Gasteiger charge is -2.14. The van der Waals surface area contributed by atoms with E-state index in [0.29, 0.717) is 11.1 Å². The number of hydrogen-bond acceptors (Lipinski definition) is 2. The van der Waals surface area contributed by atoms with Gasteiger partial charge in [-0.15, -0.1) is 0 Å². The van der Waals surface area contributed by atoms with Gasteiger partial charge in [-0.25, -0.2) is 4.98 Å². The summed E-state index contributed by atoms with van der Waals surface area (Å²) in [6, 6.07) is 60.8. The summed E-state index contributed by atoms with van der Waals surface area (Å²) in [5.74, 6) is 0.709. The maximum absolute atomic E-state index is 13.5. The standard InChI is InChI=1S/C48H30N4O/c53-48(31-16-4-1-5-17-31)32-28-29-41(49-30-32)52-40-27-15-11-23-36(40)42-43-35-22-10-13-25-38(35)50(33-18-6-2-7-19-33)46(43)47-44(45(42)52)37-24-12-14-26-39(37)51(47)34-20-8-3-9-21-34/h1-30H. The molecule has 0 spiro atoms. The number of para-hydroxylation sites is 5. The SMILES string of the molecule is O=C(c1ccccc1)c1ccc(-n2c3ccccc3c3c4c5ccccc5n(-c5ccccc5)c4c4c(c5ccccc5n4-c4ccccc4)c32)nc1. The van der Waals surface area contributed by atoms with Gasteiger partial charge in [0.05, 0.1) is 33.1 Å². The van der Waals surface area contributed by atoms with Gasteiger partial charge in [-0.1, -0.05) is 121 Å². The van der Waals surface area contributed by atoms with Crippen LogP contribution in [0.15, 0.2) is 182 Å². The molecule has 0 amide bonds. The van der Waals surface area contributed by atoms with Crippen molar-refractivity contribution < 1.29 is 4.79 Å². The molecule has 0 unspecified atom stereocenters. The minimum Gasteiger partial charge on any atom is -0.307 e. The summed E-state index contributed by atoms with van der Waals surface area (Å²) in [6.45, 7) is 0. The first kappa shape index (κ1) is 29.5. The van der Waals surface area contributed by atoms with Crippen LogP contribution in [0.3, 0.4) is 0 Å². The highest BCUT2D eigenvalue weighted by Gasteiger charge is 2.28. The summed E-state index contributed by atoms with van der Waals surface area (Å²) in [6.07, 6.45) is 1.72. The van der Waals surface area contributed by atoms with Crippen molar-refractivity contribution in [2.45, 2.75) is 0 Å². The number of fused-ring (bicyclic) bond motifs is 12. The predicted molar refractivity (Wildman–Crippen MR) is 217 cm³/mol. The minimum absolute atomic E-state index is 0.0457. The fourth-order valence-electron chi connectivity index (χ4n) is 8.49. The van der Waals surface area contributed by atoms with Gasteiger partial charge in [-0.2, -0.15) is 0 Å². The number of carbonyl (C=O) groups is 1. The molecule has 248 valence electrons. The van der Waals surface area contributed by atoms with E-state index in [1.54, 1.807) is 6.20 Å². The van der Waals surface area contributed by atoms with Crippen molar-refractivity contribution >= 4 is 71.2 Å². The van der Waals surface area contributed by atoms with E-state index in [1.165, 1.54) is 16.2 Å². The topological polar surface area (TPSA) is 44.8 Å². The van der Waals surface area contributed by atoms with E-state index in [4.69, 9.17) is 4.98 Å². The number of hydrogen-bond donors (Lipinski definition) is 0. The third-order valence-electron chi connectivity index (χ3n) is 10.6. The quantitative estimate of drug-likeness (QED) is 0.170. The van der Waals surface area contributed by atoms with Gasteiger partial charge < -0.3 is 9.13 Å². The van der Waals surface area contributed by atoms with Crippen molar-refractivity contribution in [3.63, 3.8) is 0 Å². The van der Waals surface area contributed by atoms with Crippen LogP contribution in [0, 0.1) is 0 Å². The van der Waals surface area contributed by atoms with Crippen LogP contribution in [0.4, 0.5) is 0 Å². The maximum atomic E-state index is 13.5. The van der Waals surface area contributed by atoms with Crippen molar-refractivity contribution in [2.75, 3.05) is 0 Å². The Balaban J connectivity index is 1.38. The number of aromatic nitrogens is 4. The van der Waals surface area contributed by atoms with Crippen molar-refractivity contribution in [1.29, 1.82) is 0 Å². The van der Waals surface area contributed by atoms with Gasteiger partial charge in [-0.3, -0.25) is 9.36 Å². The summed E-state index contributed by atoms with van der Waals surface area (Å²) in [4.78, 5) is 18.5. The highest BCUT2D eigenvalue weighted by atomic mass is 16.1. The van der Waals surface area contributed by atoms with Gasteiger partial charge in [0.25, 0.3) is 0 Å². The molecule has 11 aromatic rings. The van der Waals surface area contributed by atoms with Gasteiger partial charge in [0.1, 0.15) is 5.82 Å². The molecule has 0 saturated heterocycles. The van der Waals surface area contributed by atoms with Crippen molar-refractivity contribution in [1.82, 2.24) is 18.7 Å². The zero-order chi connectivity index (χ0) is 35.0. The first-order chi connectivity index (χ1) is 26.3. The number of nitrogens with zero attached hydrogens (tertiary/aromatic N) is 4. The van der Waals surface area contributed by atoms with Crippen LogP contribution in [0.25, 0.3) is 82.6 Å². The number of ketones is 1. The zero-order valence-electron chi connectivity index (χ0n) is 28.5. The van der Waals surface area contributed by atoms with Crippen LogP contribution >= 0.6 is 0 Å². The lowest BCUT2D eigenvalue weighted by Crippen LogP contribution is -2.04. The molecule has 4 heterocycles. The summed E-state index contributed by atoms with van der Waals surface area (Å²) >= 11 is 0. The number of rotatable bonds is 5. The first-order valence-corrected chi connectivity index (χ1v) is 17.9. The molecule has 0 bridgehead atoms. The van der Waals surface area contributed by atoms with E-state index >= 15 is 0 Å². The van der Waals surface area contributed by atoms with Crippen molar-refractivity contribution in [3.05, 3.63) is 193 Å². The van der Waals surface area contributed by atoms with E-state index < -0.39 is 0 Å².